The maximum absolute atomic E-state index is 12.4. The molecule has 0 spiro atoms. The van der Waals surface area contributed by atoms with E-state index in [9.17, 15) is 9.00 Å². The van der Waals surface area contributed by atoms with Crippen LogP contribution in [0, 0.1) is 13.8 Å². The Morgan fingerprint density at radius 1 is 1.08 bits per heavy atom. The van der Waals surface area contributed by atoms with Crippen molar-refractivity contribution in [2.24, 2.45) is 0 Å². The molecule has 0 saturated heterocycles. The Hall–Kier alpha value is -2.37. The molecule has 2 aromatic carbocycles. The van der Waals surface area contributed by atoms with E-state index in [0.717, 1.165) is 16.8 Å². The molecular formula is C20H18ClNO3S. The number of anilines is 1. The largest absolute Gasteiger partial charge is 0.455 e. The molecule has 3 rings (SSSR count). The topological polar surface area (TPSA) is 59.3 Å². The normalized spacial score (nSPS) is 12.0. The minimum absolute atomic E-state index is 0.189. The van der Waals surface area contributed by atoms with Gasteiger partial charge in [-0.25, -0.2) is 0 Å². The number of carbonyl (C=O) groups is 1. The van der Waals surface area contributed by atoms with Crippen LogP contribution in [0.5, 0.6) is 0 Å². The molecule has 4 nitrogen and oxygen atoms in total. The van der Waals surface area contributed by atoms with Gasteiger partial charge in [0.05, 0.1) is 16.6 Å². The molecule has 0 radical (unpaired) electrons. The summed E-state index contributed by atoms with van der Waals surface area (Å²) in [6, 6.07) is 15.8. The summed E-state index contributed by atoms with van der Waals surface area (Å²) in [4.78, 5) is 13.0. The lowest BCUT2D eigenvalue weighted by Gasteiger charge is -2.09. The summed E-state index contributed by atoms with van der Waals surface area (Å²) < 4.78 is 18.0. The summed E-state index contributed by atoms with van der Waals surface area (Å²) in [5.41, 5.74) is 2.86. The van der Waals surface area contributed by atoms with E-state index in [0.29, 0.717) is 15.7 Å². The first-order valence-corrected chi connectivity index (χ1v) is 9.74. The molecule has 0 aliphatic heterocycles. The van der Waals surface area contributed by atoms with Crippen molar-refractivity contribution in [2.45, 2.75) is 24.5 Å². The van der Waals surface area contributed by atoms with Gasteiger partial charge in [-0.3, -0.25) is 9.00 Å². The third-order valence-electron chi connectivity index (χ3n) is 4.09. The number of hydrogen-bond acceptors (Lipinski definition) is 3. The van der Waals surface area contributed by atoms with Crippen LogP contribution >= 0.6 is 11.6 Å². The average Bonchev–Trinajstić information content (AvgIpc) is 3.08. The van der Waals surface area contributed by atoms with Gasteiger partial charge in [0.2, 0.25) is 0 Å². The SMILES string of the molecule is Cc1cccc(NC(=O)c2ccc(CS(=O)c3ccc(Cl)cc3)o2)c1C. The highest BCUT2D eigenvalue weighted by molar-refractivity contribution is 7.84. The molecule has 6 heteroatoms. The molecule has 3 aromatic rings. The molecule has 0 aliphatic rings. The van der Waals surface area contributed by atoms with Gasteiger partial charge < -0.3 is 9.73 Å². The van der Waals surface area contributed by atoms with Crippen molar-refractivity contribution < 1.29 is 13.4 Å². The van der Waals surface area contributed by atoms with E-state index in [2.05, 4.69) is 5.32 Å². The van der Waals surface area contributed by atoms with Gasteiger partial charge in [0, 0.05) is 15.6 Å². The predicted molar refractivity (Wildman–Crippen MR) is 104 cm³/mol. The summed E-state index contributed by atoms with van der Waals surface area (Å²) in [6.07, 6.45) is 0. The van der Waals surface area contributed by atoms with Gasteiger partial charge in [-0.1, -0.05) is 23.7 Å². The minimum atomic E-state index is -1.27. The minimum Gasteiger partial charge on any atom is -0.455 e. The fourth-order valence-electron chi connectivity index (χ4n) is 2.45. The molecule has 1 unspecified atom stereocenters. The number of nitrogens with one attached hydrogen (secondary N) is 1. The lowest BCUT2D eigenvalue weighted by atomic mass is 10.1. The van der Waals surface area contributed by atoms with Crippen molar-refractivity contribution in [3.8, 4) is 0 Å². The molecule has 0 fully saturated rings. The van der Waals surface area contributed by atoms with Crippen LogP contribution in [0.25, 0.3) is 0 Å². The van der Waals surface area contributed by atoms with Crippen molar-refractivity contribution >= 4 is 34.0 Å². The standard InChI is InChI=1S/C20H18ClNO3S/c1-13-4-3-5-18(14(13)2)22-20(23)19-11-8-16(25-19)12-26(24)17-9-6-15(21)7-10-17/h3-11H,12H2,1-2H3,(H,22,23). The van der Waals surface area contributed by atoms with E-state index in [1.165, 1.54) is 0 Å². The van der Waals surface area contributed by atoms with Crippen LogP contribution in [0.3, 0.4) is 0 Å². The van der Waals surface area contributed by atoms with Crippen molar-refractivity contribution in [1.82, 2.24) is 0 Å². The number of hydrogen-bond donors (Lipinski definition) is 1. The van der Waals surface area contributed by atoms with Gasteiger partial charge in [0.15, 0.2) is 5.76 Å². The highest BCUT2D eigenvalue weighted by Gasteiger charge is 2.15. The Bertz CT molecular complexity index is 963. The maximum Gasteiger partial charge on any atom is 0.291 e. The Labute approximate surface area is 159 Å². The number of benzene rings is 2. The van der Waals surface area contributed by atoms with Gasteiger partial charge in [0.25, 0.3) is 5.91 Å². The second-order valence-electron chi connectivity index (χ2n) is 5.91. The molecule has 1 atom stereocenters. The van der Waals surface area contributed by atoms with Gasteiger partial charge >= 0.3 is 0 Å². The highest BCUT2D eigenvalue weighted by atomic mass is 35.5. The number of amides is 1. The molecule has 0 bridgehead atoms. The van der Waals surface area contributed by atoms with Gasteiger partial charge in [-0.2, -0.15) is 0 Å². The lowest BCUT2D eigenvalue weighted by molar-refractivity contribution is 0.0995. The van der Waals surface area contributed by atoms with Gasteiger partial charge in [-0.15, -0.1) is 0 Å². The van der Waals surface area contributed by atoms with Crippen molar-refractivity contribution in [1.29, 1.82) is 0 Å². The number of furan rings is 1. The second kappa shape index (κ2) is 7.89. The zero-order chi connectivity index (χ0) is 18.7. The zero-order valence-electron chi connectivity index (χ0n) is 14.4. The van der Waals surface area contributed by atoms with E-state index in [1.54, 1.807) is 36.4 Å². The quantitative estimate of drug-likeness (QED) is 0.661. The van der Waals surface area contributed by atoms with Crippen LogP contribution in [-0.2, 0) is 16.6 Å². The van der Waals surface area contributed by atoms with Crippen LogP contribution in [0.2, 0.25) is 5.02 Å². The van der Waals surface area contributed by atoms with E-state index in [-0.39, 0.29) is 17.4 Å². The van der Waals surface area contributed by atoms with Crippen molar-refractivity contribution in [2.75, 3.05) is 5.32 Å². The van der Waals surface area contributed by atoms with E-state index in [1.807, 2.05) is 32.0 Å². The number of aryl methyl sites for hydroxylation is 1. The first-order chi connectivity index (χ1) is 12.4. The monoisotopic (exact) mass is 387 g/mol. The van der Waals surface area contributed by atoms with Crippen LogP contribution in [0.1, 0.15) is 27.4 Å². The van der Waals surface area contributed by atoms with Crippen LogP contribution in [-0.4, -0.2) is 10.1 Å². The molecule has 134 valence electrons. The molecule has 1 heterocycles. The van der Waals surface area contributed by atoms with Gasteiger partial charge in [-0.05, 0) is 67.4 Å². The predicted octanol–water partition coefficient (Wildman–Crippen LogP) is 5.11. The summed E-state index contributed by atoms with van der Waals surface area (Å²) in [5.74, 6) is 0.541. The fraction of sp³-hybridized carbons (Fsp3) is 0.150. The summed E-state index contributed by atoms with van der Waals surface area (Å²) in [6.45, 7) is 3.94. The average molecular weight is 388 g/mol. The van der Waals surface area contributed by atoms with Crippen LogP contribution in [0.4, 0.5) is 5.69 Å². The number of halogens is 1. The van der Waals surface area contributed by atoms with Crippen LogP contribution in [0.15, 0.2) is 63.9 Å². The molecule has 1 N–H and O–H groups in total. The molecule has 26 heavy (non-hydrogen) atoms. The first kappa shape index (κ1) is 18.4. The fourth-order valence-corrected chi connectivity index (χ4v) is 3.59. The smallest absolute Gasteiger partial charge is 0.291 e. The van der Waals surface area contributed by atoms with E-state index in [4.69, 9.17) is 16.0 Å². The molecule has 1 amide bonds. The molecule has 1 aromatic heterocycles. The summed E-state index contributed by atoms with van der Waals surface area (Å²) in [5, 5.41) is 3.44. The van der Waals surface area contributed by atoms with Gasteiger partial charge in [0.1, 0.15) is 5.76 Å². The Morgan fingerprint density at radius 3 is 2.54 bits per heavy atom. The lowest BCUT2D eigenvalue weighted by Crippen LogP contribution is -2.12. The molecule has 0 aliphatic carbocycles. The van der Waals surface area contributed by atoms with E-state index < -0.39 is 10.8 Å². The van der Waals surface area contributed by atoms with E-state index >= 15 is 0 Å². The van der Waals surface area contributed by atoms with Crippen molar-refractivity contribution in [3.63, 3.8) is 0 Å². The summed E-state index contributed by atoms with van der Waals surface area (Å²) >= 11 is 5.84. The number of carbonyl (C=O) groups excluding carboxylic acids is 1. The first-order valence-electron chi connectivity index (χ1n) is 8.04. The third-order valence-corrected chi connectivity index (χ3v) is 5.68. The molecule has 0 saturated carbocycles. The Morgan fingerprint density at radius 2 is 1.81 bits per heavy atom. The second-order valence-corrected chi connectivity index (χ2v) is 7.80. The highest BCUT2D eigenvalue weighted by Crippen LogP contribution is 2.21. The number of rotatable bonds is 5. The van der Waals surface area contributed by atoms with Crippen LogP contribution < -0.4 is 5.32 Å². The molecular weight excluding hydrogens is 370 g/mol. The Balaban J connectivity index is 1.69. The summed E-state index contributed by atoms with van der Waals surface area (Å²) in [7, 11) is -1.27. The van der Waals surface area contributed by atoms with Crippen molar-refractivity contribution in [3.05, 3.63) is 82.3 Å². The Kier molecular flexibility index (Phi) is 5.59. The third kappa shape index (κ3) is 4.23. The zero-order valence-corrected chi connectivity index (χ0v) is 16.0. The maximum atomic E-state index is 12.4.